The van der Waals surface area contributed by atoms with Crippen molar-refractivity contribution in [2.45, 2.75) is 45.1 Å². The van der Waals surface area contributed by atoms with E-state index in [4.69, 9.17) is 9.47 Å². The van der Waals surface area contributed by atoms with E-state index in [2.05, 4.69) is 10.6 Å². The number of hydrogen-bond acceptors (Lipinski definition) is 6. The van der Waals surface area contributed by atoms with Gasteiger partial charge >= 0.3 is 6.09 Å². The number of hydrogen-bond donors (Lipinski definition) is 2. The Morgan fingerprint density at radius 3 is 2.35 bits per heavy atom. The van der Waals surface area contributed by atoms with E-state index in [1.54, 1.807) is 32.9 Å². The van der Waals surface area contributed by atoms with E-state index in [9.17, 15) is 18.0 Å². The number of ether oxygens (including phenoxy) is 2. The van der Waals surface area contributed by atoms with Gasteiger partial charge in [0.05, 0.1) is 6.61 Å². The number of alkyl carbamates (subject to hydrolysis) is 1. The molecule has 9 nitrogen and oxygen atoms in total. The minimum atomic E-state index is -3.77. The summed E-state index contributed by atoms with van der Waals surface area (Å²) in [5.74, 6) is -0.0552. The maximum atomic E-state index is 13.0. The summed E-state index contributed by atoms with van der Waals surface area (Å²) in [6.07, 6.45) is -0.0138. The normalized spacial score (nSPS) is 11.2. The number of benzene rings is 2. The SMILES string of the molecule is CCOc1ccc(NC(=O)CCCNC(=O)OCc2ccccc2)cc1S(=O)(=O)N(CC)CC. The number of carbonyl (C=O) groups is 2. The van der Waals surface area contributed by atoms with Gasteiger partial charge in [0.1, 0.15) is 17.3 Å². The van der Waals surface area contributed by atoms with Gasteiger partial charge in [-0.05, 0) is 37.1 Å². The Hall–Kier alpha value is -3.11. The number of amides is 2. The molecule has 0 aliphatic heterocycles. The molecule has 2 aromatic rings. The third kappa shape index (κ3) is 8.03. The third-order valence-corrected chi connectivity index (χ3v) is 6.98. The summed E-state index contributed by atoms with van der Waals surface area (Å²) in [4.78, 5) is 24.1. The van der Waals surface area contributed by atoms with Crippen molar-refractivity contribution in [3.8, 4) is 5.75 Å². The van der Waals surface area contributed by atoms with E-state index in [-0.39, 0.29) is 36.1 Å². The van der Waals surface area contributed by atoms with Crippen LogP contribution in [0.25, 0.3) is 0 Å². The van der Waals surface area contributed by atoms with E-state index in [1.807, 2.05) is 30.3 Å². The molecule has 0 aliphatic rings. The highest BCUT2D eigenvalue weighted by atomic mass is 32.2. The third-order valence-electron chi connectivity index (χ3n) is 4.91. The largest absolute Gasteiger partial charge is 0.492 e. The van der Waals surface area contributed by atoms with Crippen LogP contribution < -0.4 is 15.4 Å². The van der Waals surface area contributed by atoms with Gasteiger partial charge in [-0.15, -0.1) is 0 Å². The quantitative estimate of drug-likeness (QED) is 0.413. The topological polar surface area (TPSA) is 114 Å². The lowest BCUT2D eigenvalue weighted by molar-refractivity contribution is -0.116. The number of anilines is 1. The molecule has 2 rings (SSSR count). The first-order valence-corrected chi connectivity index (χ1v) is 12.8. The maximum Gasteiger partial charge on any atom is 0.407 e. The highest BCUT2D eigenvalue weighted by Gasteiger charge is 2.26. The summed E-state index contributed by atoms with van der Waals surface area (Å²) >= 11 is 0. The molecule has 0 bridgehead atoms. The van der Waals surface area contributed by atoms with Gasteiger partial charge in [-0.25, -0.2) is 13.2 Å². The second-order valence-electron chi connectivity index (χ2n) is 7.32. The van der Waals surface area contributed by atoms with Crippen molar-refractivity contribution in [2.75, 3.05) is 31.6 Å². The molecular formula is C24H33N3O6S. The lowest BCUT2D eigenvalue weighted by Crippen LogP contribution is -2.31. The maximum absolute atomic E-state index is 13.0. The fourth-order valence-electron chi connectivity index (χ4n) is 3.20. The van der Waals surface area contributed by atoms with Crippen LogP contribution in [0.1, 0.15) is 39.2 Å². The van der Waals surface area contributed by atoms with Crippen molar-refractivity contribution in [1.82, 2.24) is 9.62 Å². The second kappa shape index (κ2) is 13.6. The fraction of sp³-hybridized carbons (Fsp3) is 0.417. The zero-order valence-electron chi connectivity index (χ0n) is 19.9. The number of nitrogens with one attached hydrogen (secondary N) is 2. The highest BCUT2D eigenvalue weighted by molar-refractivity contribution is 7.89. The first-order valence-electron chi connectivity index (χ1n) is 11.3. The van der Waals surface area contributed by atoms with Crippen LogP contribution in [0.2, 0.25) is 0 Å². The Morgan fingerprint density at radius 1 is 1.00 bits per heavy atom. The van der Waals surface area contributed by atoms with Gasteiger partial charge in [-0.1, -0.05) is 44.2 Å². The minimum Gasteiger partial charge on any atom is -0.492 e. The number of nitrogens with zero attached hydrogens (tertiary/aromatic N) is 1. The molecular weight excluding hydrogens is 458 g/mol. The molecule has 2 N–H and O–H groups in total. The molecule has 2 amide bonds. The van der Waals surface area contributed by atoms with E-state index in [0.29, 0.717) is 31.8 Å². The number of rotatable bonds is 13. The Labute approximate surface area is 201 Å². The van der Waals surface area contributed by atoms with Crippen molar-refractivity contribution >= 4 is 27.7 Å². The van der Waals surface area contributed by atoms with Crippen LogP contribution in [-0.2, 0) is 26.2 Å². The number of carbonyl (C=O) groups excluding carboxylic acids is 2. The van der Waals surface area contributed by atoms with Crippen LogP contribution in [0.15, 0.2) is 53.4 Å². The Morgan fingerprint density at radius 2 is 1.71 bits per heavy atom. The molecule has 0 saturated heterocycles. The van der Waals surface area contributed by atoms with Gasteiger partial charge in [-0.2, -0.15) is 4.31 Å². The molecule has 0 saturated carbocycles. The molecule has 0 unspecified atom stereocenters. The molecule has 0 fully saturated rings. The first kappa shape index (κ1) is 27.1. The zero-order chi connectivity index (χ0) is 25.0. The van der Waals surface area contributed by atoms with Gasteiger partial charge in [-0.3, -0.25) is 4.79 Å². The fourth-order valence-corrected chi connectivity index (χ4v) is 4.82. The van der Waals surface area contributed by atoms with Crippen LogP contribution >= 0.6 is 0 Å². The average Bonchev–Trinajstić information content (AvgIpc) is 2.83. The Balaban J connectivity index is 1.88. The van der Waals surface area contributed by atoms with Gasteiger partial charge in [0.2, 0.25) is 15.9 Å². The van der Waals surface area contributed by atoms with Crippen LogP contribution in [0.5, 0.6) is 5.75 Å². The summed E-state index contributed by atoms with van der Waals surface area (Å²) in [5, 5.41) is 5.32. The molecule has 186 valence electrons. The molecule has 0 radical (unpaired) electrons. The smallest absolute Gasteiger partial charge is 0.407 e. The Bertz CT molecular complexity index is 1040. The van der Waals surface area contributed by atoms with Gasteiger partial charge < -0.3 is 20.1 Å². The summed E-state index contributed by atoms with van der Waals surface area (Å²) in [7, 11) is -3.77. The van der Waals surface area contributed by atoms with Crippen LogP contribution in [0, 0.1) is 0 Å². The molecule has 0 atom stereocenters. The lowest BCUT2D eigenvalue weighted by atomic mass is 10.2. The van der Waals surface area contributed by atoms with Gasteiger partial charge in [0.15, 0.2) is 0 Å². The monoisotopic (exact) mass is 491 g/mol. The molecule has 0 aromatic heterocycles. The molecule has 10 heteroatoms. The van der Waals surface area contributed by atoms with Crippen LogP contribution in [-0.4, -0.2) is 51.0 Å². The number of sulfonamides is 1. The predicted molar refractivity (Wildman–Crippen MR) is 130 cm³/mol. The zero-order valence-corrected chi connectivity index (χ0v) is 20.7. The first-order chi connectivity index (χ1) is 16.3. The van der Waals surface area contributed by atoms with Crippen molar-refractivity contribution in [3.63, 3.8) is 0 Å². The van der Waals surface area contributed by atoms with Crippen molar-refractivity contribution in [3.05, 3.63) is 54.1 Å². The highest BCUT2D eigenvalue weighted by Crippen LogP contribution is 2.30. The van der Waals surface area contributed by atoms with Gasteiger partial charge in [0, 0.05) is 31.7 Å². The molecule has 0 spiro atoms. The van der Waals surface area contributed by atoms with Crippen molar-refractivity contribution in [1.29, 1.82) is 0 Å². The van der Waals surface area contributed by atoms with Crippen LogP contribution in [0.3, 0.4) is 0 Å². The second-order valence-corrected chi connectivity index (χ2v) is 9.23. The van der Waals surface area contributed by atoms with E-state index in [0.717, 1.165) is 5.56 Å². The minimum absolute atomic E-state index is 0.0127. The lowest BCUT2D eigenvalue weighted by Gasteiger charge is -2.21. The van der Waals surface area contributed by atoms with Crippen molar-refractivity contribution < 1.29 is 27.5 Å². The van der Waals surface area contributed by atoms with Gasteiger partial charge in [0.25, 0.3) is 0 Å². The average molecular weight is 492 g/mol. The van der Waals surface area contributed by atoms with E-state index >= 15 is 0 Å². The summed E-state index contributed by atoms with van der Waals surface area (Å²) in [6.45, 7) is 6.69. The van der Waals surface area contributed by atoms with Crippen LogP contribution in [0.4, 0.5) is 10.5 Å². The summed E-state index contributed by atoms with van der Waals surface area (Å²) in [5.41, 5.74) is 1.24. The molecule has 0 aliphatic carbocycles. The van der Waals surface area contributed by atoms with Crippen molar-refractivity contribution in [2.24, 2.45) is 0 Å². The molecule has 0 heterocycles. The molecule has 2 aromatic carbocycles. The van der Waals surface area contributed by atoms with E-state index in [1.165, 1.54) is 10.4 Å². The summed E-state index contributed by atoms with van der Waals surface area (Å²) < 4.78 is 38.0. The predicted octanol–water partition coefficient (Wildman–Crippen LogP) is 3.76. The molecule has 34 heavy (non-hydrogen) atoms. The Kier molecular flexibility index (Phi) is 10.8. The standard InChI is InChI=1S/C24H33N3O6S/c1-4-27(5-2)34(30,31)22-17-20(14-15-21(22)32-6-3)26-23(28)13-10-16-25-24(29)33-18-19-11-8-7-9-12-19/h7-9,11-12,14-15,17H,4-6,10,13,16,18H2,1-3H3,(H,25,29)(H,26,28). The van der Waals surface area contributed by atoms with E-state index < -0.39 is 16.1 Å². The summed E-state index contributed by atoms with van der Waals surface area (Å²) in [6, 6.07) is 13.9.